The number of hydrogen-bond donors (Lipinski definition) is 4. The van der Waals surface area contributed by atoms with Crippen molar-refractivity contribution in [3.8, 4) is 0 Å². The van der Waals surface area contributed by atoms with Gasteiger partial charge in [-0.05, 0) is 0 Å². The maximum Gasteiger partial charge on any atom is 0.0945 e. The maximum absolute atomic E-state index is 9.05. The molecule has 0 aliphatic rings. The quantitative estimate of drug-likeness (QED) is 0.347. The lowest BCUT2D eigenvalue weighted by molar-refractivity contribution is -0.377. The molecule has 0 aromatic rings. The summed E-state index contributed by atoms with van der Waals surface area (Å²) in [5.41, 5.74) is 0. The van der Waals surface area contributed by atoms with Crippen LogP contribution in [0, 0.1) is 0 Å². The minimum absolute atomic E-state index is 0. The van der Waals surface area contributed by atoms with E-state index in [-0.39, 0.29) is 45.4 Å². The summed E-state index contributed by atoms with van der Waals surface area (Å²) in [4.78, 5) is 9.69. The standard InChI is InChI=1S/C7H17NO6.ClH/c9-1-3-13-8(14-4-2-10)5-7(12)6-11;/h7,9-12H,1-6H2;1H. The third-order valence-electron chi connectivity index (χ3n) is 1.22. The number of aliphatic hydroxyl groups is 4. The van der Waals surface area contributed by atoms with E-state index in [0.29, 0.717) is 0 Å². The van der Waals surface area contributed by atoms with Gasteiger partial charge in [-0.1, -0.05) is 5.23 Å². The highest BCUT2D eigenvalue weighted by Gasteiger charge is 2.11. The molecule has 0 fully saturated rings. The fraction of sp³-hybridized carbons (Fsp3) is 1.00. The molecule has 1 atom stereocenters. The molecule has 0 aliphatic carbocycles. The van der Waals surface area contributed by atoms with Crippen molar-refractivity contribution in [2.24, 2.45) is 0 Å². The van der Waals surface area contributed by atoms with Crippen LogP contribution in [-0.2, 0) is 9.68 Å². The lowest BCUT2D eigenvalue weighted by Crippen LogP contribution is -2.36. The SMILES string of the molecule is Cl.OCCON(CC(O)CO)OCCO. The van der Waals surface area contributed by atoms with E-state index in [1.807, 2.05) is 0 Å². The zero-order chi connectivity index (χ0) is 10.8. The van der Waals surface area contributed by atoms with E-state index in [9.17, 15) is 0 Å². The topological polar surface area (TPSA) is 103 Å². The summed E-state index contributed by atoms with van der Waals surface area (Å²) in [7, 11) is 0. The first kappa shape index (κ1) is 17.4. The molecule has 0 spiro atoms. The van der Waals surface area contributed by atoms with Crippen LogP contribution in [0.2, 0.25) is 0 Å². The lowest BCUT2D eigenvalue weighted by Gasteiger charge is -2.21. The van der Waals surface area contributed by atoms with E-state index >= 15 is 0 Å². The predicted octanol–water partition coefficient (Wildman–Crippen LogP) is -2.09. The Labute approximate surface area is 94.2 Å². The van der Waals surface area contributed by atoms with Gasteiger partial charge in [0, 0.05) is 0 Å². The Bertz CT molecular complexity index is 122. The summed E-state index contributed by atoms with van der Waals surface area (Å²) in [6.45, 7) is -0.812. The fourth-order valence-electron chi connectivity index (χ4n) is 0.658. The number of aliphatic hydroxyl groups excluding tert-OH is 4. The van der Waals surface area contributed by atoms with Crippen molar-refractivity contribution in [1.29, 1.82) is 0 Å². The van der Waals surface area contributed by atoms with Crippen molar-refractivity contribution in [1.82, 2.24) is 5.23 Å². The number of rotatable bonds is 9. The molecule has 0 heterocycles. The molecular weight excluding hydrogens is 230 g/mol. The number of halogens is 1. The number of hydrogen-bond acceptors (Lipinski definition) is 7. The molecule has 0 amide bonds. The van der Waals surface area contributed by atoms with Crippen LogP contribution in [0.1, 0.15) is 0 Å². The van der Waals surface area contributed by atoms with Crippen molar-refractivity contribution < 1.29 is 30.1 Å². The van der Waals surface area contributed by atoms with E-state index in [1.165, 1.54) is 0 Å². The van der Waals surface area contributed by atoms with Gasteiger partial charge in [0.1, 0.15) is 0 Å². The van der Waals surface area contributed by atoms with Gasteiger partial charge in [-0.2, -0.15) is 0 Å². The van der Waals surface area contributed by atoms with E-state index in [0.717, 1.165) is 5.23 Å². The maximum atomic E-state index is 9.05. The summed E-state index contributed by atoms with van der Waals surface area (Å²) in [5, 5.41) is 35.4. The Morgan fingerprint density at radius 3 is 1.80 bits per heavy atom. The molecule has 0 aliphatic heterocycles. The zero-order valence-corrected chi connectivity index (χ0v) is 9.10. The van der Waals surface area contributed by atoms with Gasteiger partial charge >= 0.3 is 0 Å². The first-order valence-corrected chi connectivity index (χ1v) is 4.28. The van der Waals surface area contributed by atoms with Gasteiger partial charge in [-0.25, -0.2) is 0 Å². The average molecular weight is 248 g/mol. The van der Waals surface area contributed by atoms with Crippen LogP contribution >= 0.6 is 12.4 Å². The lowest BCUT2D eigenvalue weighted by atomic mass is 10.4. The third kappa shape index (κ3) is 10.3. The second kappa shape index (κ2) is 12.1. The summed E-state index contributed by atoms with van der Waals surface area (Å²) in [6, 6.07) is 0. The Hall–Kier alpha value is 0.01000. The molecule has 0 saturated carbocycles. The normalized spacial score (nSPS) is 12.6. The summed E-state index contributed by atoms with van der Waals surface area (Å²) in [6.07, 6.45) is -0.993. The molecule has 0 aromatic carbocycles. The highest BCUT2D eigenvalue weighted by molar-refractivity contribution is 5.85. The zero-order valence-electron chi connectivity index (χ0n) is 8.28. The monoisotopic (exact) mass is 247 g/mol. The first-order valence-electron chi connectivity index (χ1n) is 4.28. The third-order valence-corrected chi connectivity index (χ3v) is 1.22. The Kier molecular flexibility index (Phi) is 14.0. The van der Waals surface area contributed by atoms with Crippen LogP contribution in [0.25, 0.3) is 0 Å². The minimum atomic E-state index is -0.993. The molecule has 1 unspecified atom stereocenters. The van der Waals surface area contributed by atoms with Crippen LogP contribution in [0.15, 0.2) is 0 Å². The van der Waals surface area contributed by atoms with Gasteiger partial charge < -0.3 is 20.4 Å². The molecule has 0 bridgehead atoms. The molecule has 0 rings (SSSR count). The average Bonchev–Trinajstić information content (AvgIpc) is 2.21. The highest BCUT2D eigenvalue weighted by atomic mass is 35.5. The molecule has 0 saturated heterocycles. The van der Waals surface area contributed by atoms with Gasteiger partial charge in [0.15, 0.2) is 0 Å². The summed E-state index contributed by atoms with van der Waals surface area (Å²) < 4.78 is 0. The Morgan fingerprint density at radius 2 is 1.47 bits per heavy atom. The minimum Gasteiger partial charge on any atom is -0.394 e. The van der Waals surface area contributed by atoms with Gasteiger partial charge in [0.2, 0.25) is 0 Å². The Balaban J connectivity index is 0. The van der Waals surface area contributed by atoms with Crippen molar-refractivity contribution in [2.75, 3.05) is 39.6 Å². The van der Waals surface area contributed by atoms with Crippen LogP contribution in [0.3, 0.4) is 0 Å². The predicted molar refractivity (Wildman–Crippen MR) is 53.1 cm³/mol. The van der Waals surface area contributed by atoms with Gasteiger partial charge in [0.25, 0.3) is 0 Å². The van der Waals surface area contributed by atoms with E-state index < -0.39 is 12.7 Å². The molecule has 0 radical (unpaired) electrons. The molecule has 8 heteroatoms. The van der Waals surface area contributed by atoms with Crippen LogP contribution in [0.4, 0.5) is 0 Å². The van der Waals surface area contributed by atoms with Gasteiger partial charge in [0.05, 0.1) is 45.7 Å². The Morgan fingerprint density at radius 1 is 1.00 bits per heavy atom. The van der Waals surface area contributed by atoms with Crippen LogP contribution in [0.5, 0.6) is 0 Å². The molecule has 4 N–H and O–H groups in total. The van der Waals surface area contributed by atoms with Crippen molar-refractivity contribution in [3.63, 3.8) is 0 Å². The van der Waals surface area contributed by atoms with Crippen molar-refractivity contribution in [3.05, 3.63) is 0 Å². The number of hydroxylamine groups is 2. The van der Waals surface area contributed by atoms with Crippen LogP contribution in [-0.4, -0.2) is 71.3 Å². The van der Waals surface area contributed by atoms with E-state index in [1.54, 1.807) is 0 Å². The first-order chi connectivity index (χ1) is 6.74. The van der Waals surface area contributed by atoms with Crippen molar-refractivity contribution in [2.45, 2.75) is 6.10 Å². The molecule has 15 heavy (non-hydrogen) atoms. The second-order valence-electron chi connectivity index (χ2n) is 2.47. The van der Waals surface area contributed by atoms with Crippen molar-refractivity contribution >= 4 is 12.4 Å². The number of nitrogens with zero attached hydrogens (tertiary/aromatic N) is 1. The summed E-state index contributed by atoms with van der Waals surface area (Å²) in [5.74, 6) is 0. The van der Waals surface area contributed by atoms with E-state index in [4.69, 9.17) is 30.1 Å². The van der Waals surface area contributed by atoms with Gasteiger partial charge in [-0.15, -0.1) is 12.4 Å². The van der Waals surface area contributed by atoms with E-state index in [2.05, 4.69) is 0 Å². The smallest absolute Gasteiger partial charge is 0.0945 e. The van der Waals surface area contributed by atoms with Crippen LogP contribution < -0.4 is 0 Å². The molecule has 0 aromatic heterocycles. The van der Waals surface area contributed by atoms with Gasteiger partial charge in [-0.3, -0.25) is 9.68 Å². The molecule has 94 valence electrons. The fourth-order valence-corrected chi connectivity index (χ4v) is 0.658. The molecular formula is C7H18ClNO6. The highest BCUT2D eigenvalue weighted by Crippen LogP contribution is 1.95. The summed E-state index contributed by atoms with van der Waals surface area (Å²) >= 11 is 0. The second-order valence-corrected chi connectivity index (χ2v) is 2.47. The molecule has 7 nitrogen and oxygen atoms in total. The largest absolute Gasteiger partial charge is 0.394 e.